The molecule has 4 nitrogen and oxygen atoms in total. The van der Waals surface area contributed by atoms with Crippen LogP contribution in [0.2, 0.25) is 0 Å². The van der Waals surface area contributed by atoms with Gasteiger partial charge in [-0.3, -0.25) is 4.98 Å². The van der Waals surface area contributed by atoms with E-state index in [1.807, 2.05) is 6.07 Å². The molecule has 4 heteroatoms. The van der Waals surface area contributed by atoms with Crippen molar-refractivity contribution in [1.29, 1.82) is 0 Å². The highest BCUT2D eigenvalue weighted by Gasteiger charge is 2.30. The fraction of sp³-hybridized carbons (Fsp3) is 0.538. The molecule has 1 fully saturated rings. The number of carboxylic acids is 1. The van der Waals surface area contributed by atoms with Crippen LogP contribution in [0.4, 0.5) is 5.69 Å². The highest BCUT2D eigenvalue weighted by atomic mass is 16.4. The lowest BCUT2D eigenvalue weighted by Gasteiger charge is -2.25. The van der Waals surface area contributed by atoms with Crippen molar-refractivity contribution < 1.29 is 9.90 Å². The van der Waals surface area contributed by atoms with Gasteiger partial charge >= 0.3 is 5.97 Å². The van der Waals surface area contributed by atoms with E-state index in [0.29, 0.717) is 11.6 Å². The Morgan fingerprint density at radius 3 is 2.94 bits per heavy atom. The highest BCUT2D eigenvalue weighted by molar-refractivity contribution is 5.94. The smallest absolute Gasteiger partial charge is 0.339 e. The predicted octanol–water partition coefficient (Wildman–Crippen LogP) is 2.55. The Morgan fingerprint density at radius 2 is 2.35 bits per heavy atom. The van der Waals surface area contributed by atoms with E-state index in [1.165, 1.54) is 19.0 Å². The quantitative estimate of drug-likeness (QED) is 0.821. The van der Waals surface area contributed by atoms with Crippen molar-refractivity contribution in [3.63, 3.8) is 0 Å². The van der Waals surface area contributed by atoms with Crippen LogP contribution in [-0.4, -0.2) is 28.6 Å². The second-order valence-electron chi connectivity index (χ2n) is 4.48. The van der Waals surface area contributed by atoms with Crippen LogP contribution in [0.1, 0.15) is 43.0 Å². The molecule has 1 saturated carbocycles. The van der Waals surface area contributed by atoms with Crippen molar-refractivity contribution >= 4 is 11.7 Å². The van der Waals surface area contributed by atoms with E-state index < -0.39 is 5.97 Å². The Hall–Kier alpha value is -1.58. The summed E-state index contributed by atoms with van der Waals surface area (Å²) in [6.45, 7) is 3.08. The van der Waals surface area contributed by atoms with Crippen LogP contribution in [0.15, 0.2) is 18.5 Å². The summed E-state index contributed by atoms with van der Waals surface area (Å²) < 4.78 is 0. The third-order valence-electron chi connectivity index (χ3n) is 3.08. The van der Waals surface area contributed by atoms with E-state index in [2.05, 4.69) is 16.8 Å². The number of unbranched alkanes of at least 4 members (excludes halogenated alkanes) is 1. The van der Waals surface area contributed by atoms with Crippen molar-refractivity contribution in [3.8, 4) is 0 Å². The van der Waals surface area contributed by atoms with Gasteiger partial charge in [0.15, 0.2) is 0 Å². The van der Waals surface area contributed by atoms with Gasteiger partial charge in [0.1, 0.15) is 5.56 Å². The monoisotopic (exact) mass is 234 g/mol. The Morgan fingerprint density at radius 1 is 1.59 bits per heavy atom. The van der Waals surface area contributed by atoms with E-state index in [-0.39, 0.29) is 0 Å². The average molecular weight is 234 g/mol. The number of aromatic carboxylic acids is 1. The standard InChI is InChI=1S/C13H18N2O2/c1-2-3-8-15(10-4-5-10)12-6-7-14-9-11(12)13(16)17/h6-7,9-10H,2-5,8H2,1H3,(H,16,17). The summed E-state index contributed by atoms with van der Waals surface area (Å²) in [7, 11) is 0. The molecule has 1 aliphatic rings. The lowest BCUT2D eigenvalue weighted by Crippen LogP contribution is -2.28. The number of aromatic nitrogens is 1. The van der Waals surface area contributed by atoms with Crippen molar-refractivity contribution in [2.45, 2.75) is 38.6 Å². The molecule has 0 aliphatic heterocycles. The first-order chi connectivity index (χ1) is 8.24. The number of rotatable bonds is 6. The van der Waals surface area contributed by atoms with Gasteiger partial charge in [-0.25, -0.2) is 4.79 Å². The molecule has 92 valence electrons. The zero-order chi connectivity index (χ0) is 12.3. The van der Waals surface area contributed by atoms with Gasteiger partial charge in [0, 0.05) is 25.0 Å². The molecular formula is C13H18N2O2. The Labute approximate surface area is 101 Å². The Balaban J connectivity index is 2.25. The Bertz CT molecular complexity index is 402. The Kier molecular flexibility index (Phi) is 3.61. The first kappa shape index (κ1) is 11.9. The maximum absolute atomic E-state index is 11.2. The molecule has 0 spiro atoms. The van der Waals surface area contributed by atoms with E-state index in [4.69, 9.17) is 0 Å². The van der Waals surface area contributed by atoms with E-state index in [0.717, 1.165) is 25.1 Å². The highest BCUT2D eigenvalue weighted by Crippen LogP contribution is 2.33. The number of nitrogens with zero attached hydrogens (tertiary/aromatic N) is 2. The molecule has 0 radical (unpaired) electrons. The second kappa shape index (κ2) is 5.17. The van der Waals surface area contributed by atoms with Crippen molar-refractivity contribution in [2.24, 2.45) is 0 Å². The molecule has 2 rings (SSSR count). The summed E-state index contributed by atoms with van der Waals surface area (Å²) in [5.41, 5.74) is 1.14. The lowest BCUT2D eigenvalue weighted by molar-refractivity contribution is 0.0697. The molecule has 0 unspecified atom stereocenters. The third kappa shape index (κ3) is 2.75. The van der Waals surface area contributed by atoms with Gasteiger partial charge in [0.05, 0.1) is 5.69 Å². The van der Waals surface area contributed by atoms with Gasteiger partial charge in [0.2, 0.25) is 0 Å². The number of anilines is 1. The van der Waals surface area contributed by atoms with E-state index in [9.17, 15) is 9.90 Å². The summed E-state index contributed by atoms with van der Waals surface area (Å²) in [5, 5.41) is 9.18. The van der Waals surface area contributed by atoms with Crippen molar-refractivity contribution in [2.75, 3.05) is 11.4 Å². The molecule has 1 aliphatic carbocycles. The van der Waals surface area contributed by atoms with E-state index >= 15 is 0 Å². The van der Waals surface area contributed by atoms with Gasteiger partial charge in [-0.2, -0.15) is 0 Å². The zero-order valence-corrected chi connectivity index (χ0v) is 10.1. The molecule has 0 amide bonds. The third-order valence-corrected chi connectivity index (χ3v) is 3.08. The molecule has 1 aromatic heterocycles. The molecule has 0 aromatic carbocycles. The van der Waals surface area contributed by atoms with Crippen LogP contribution in [0, 0.1) is 0 Å². The fourth-order valence-electron chi connectivity index (χ4n) is 2.02. The topological polar surface area (TPSA) is 53.4 Å². The van der Waals surface area contributed by atoms with Crippen LogP contribution in [-0.2, 0) is 0 Å². The van der Waals surface area contributed by atoms with Gasteiger partial charge in [-0.15, -0.1) is 0 Å². The molecule has 1 heterocycles. The number of pyridine rings is 1. The largest absolute Gasteiger partial charge is 0.478 e. The number of carboxylic acid groups (broad SMARTS) is 1. The molecule has 1 aromatic rings. The summed E-state index contributed by atoms with van der Waals surface area (Å²) in [6, 6.07) is 2.35. The van der Waals surface area contributed by atoms with Crippen LogP contribution >= 0.6 is 0 Å². The van der Waals surface area contributed by atoms with Crippen molar-refractivity contribution in [3.05, 3.63) is 24.0 Å². The molecule has 0 saturated heterocycles. The minimum absolute atomic E-state index is 0.315. The van der Waals surface area contributed by atoms with Crippen LogP contribution in [0.5, 0.6) is 0 Å². The van der Waals surface area contributed by atoms with Crippen LogP contribution in [0.3, 0.4) is 0 Å². The number of carbonyl (C=O) groups is 1. The first-order valence-electron chi connectivity index (χ1n) is 6.18. The maximum atomic E-state index is 11.2. The minimum Gasteiger partial charge on any atom is -0.478 e. The number of hydrogen-bond acceptors (Lipinski definition) is 3. The fourth-order valence-corrected chi connectivity index (χ4v) is 2.02. The van der Waals surface area contributed by atoms with Gasteiger partial charge in [-0.1, -0.05) is 13.3 Å². The normalized spacial score (nSPS) is 14.6. The second-order valence-corrected chi connectivity index (χ2v) is 4.48. The lowest BCUT2D eigenvalue weighted by atomic mass is 10.2. The van der Waals surface area contributed by atoms with Crippen LogP contribution < -0.4 is 4.90 Å². The molecule has 1 N–H and O–H groups in total. The van der Waals surface area contributed by atoms with Gasteiger partial charge in [-0.05, 0) is 25.3 Å². The SMILES string of the molecule is CCCCN(c1ccncc1C(=O)O)C1CC1. The summed E-state index contributed by atoms with van der Waals surface area (Å²) >= 11 is 0. The maximum Gasteiger partial charge on any atom is 0.339 e. The molecule has 17 heavy (non-hydrogen) atoms. The predicted molar refractivity (Wildman–Crippen MR) is 66.5 cm³/mol. The summed E-state index contributed by atoms with van der Waals surface area (Å²) in [4.78, 5) is 17.3. The molecule has 0 atom stereocenters. The van der Waals surface area contributed by atoms with E-state index in [1.54, 1.807) is 6.20 Å². The minimum atomic E-state index is -0.893. The van der Waals surface area contributed by atoms with Gasteiger partial charge < -0.3 is 10.0 Å². The zero-order valence-electron chi connectivity index (χ0n) is 10.1. The molecule has 0 bridgehead atoms. The van der Waals surface area contributed by atoms with Crippen LogP contribution in [0.25, 0.3) is 0 Å². The summed E-state index contributed by atoms with van der Waals surface area (Å²) in [5.74, 6) is -0.893. The molecular weight excluding hydrogens is 216 g/mol. The number of hydrogen-bond donors (Lipinski definition) is 1. The van der Waals surface area contributed by atoms with Crippen molar-refractivity contribution in [1.82, 2.24) is 4.98 Å². The summed E-state index contributed by atoms with van der Waals surface area (Å²) in [6.07, 6.45) is 7.67. The first-order valence-corrected chi connectivity index (χ1v) is 6.18. The van der Waals surface area contributed by atoms with Gasteiger partial charge in [0.25, 0.3) is 0 Å². The average Bonchev–Trinajstić information content (AvgIpc) is 3.14.